The molecule has 1 aromatic heterocycles. The second-order valence-electron chi connectivity index (χ2n) is 5.20. The number of hydrogen-bond acceptors (Lipinski definition) is 6. The number of ether oxygens (including phenoxy) is 2. The topological polar surface area (TPSA) is 111 Å². The van der Waals surface area contributed by atoms with E-state index in [9.17, 15) is 4.79 Å². The van der Waals surface area contributed by atoms with Crippen molar-refractivity contribution in [2.24, 2.45) is 0 Å². The fourth-order valence-corrected chi connectivity index (χ4v) is 2.91. The molecule has 24 heavy (non-hydrogen) atoms. The molecule has 0 aliphatic carbocycles. The Balaban J connectivity index is 1.85. The molecule has 0 bridgehead atoms. The largest absolute Gasteiger partial charge is 0.496 e. The van der Waals surface area contributed by atoms with Gasteiger partial charge in [0.1, 0.15) is 12.4 Å². The molecule has 2 aromatic rings. The lowest BCUT2D eigenvalue weighted by atomic mass is 10.2. The summed E-state index contributed by atoms with van der Waals surface area (Å²) in [5.41, 5.74) is 7.74. The lowest BCUT2D eigenvalue weighted by Gasteiger charge is -2.12. The molecular formula is C15H15BrN4O4. The molecule has 3 rings (SSSR count). The van der Waals surface area contributed by atoms with Crippen LogP contribution in [0.1, 0.15) is 16.8 Å². The van der Waals surface area contributed by atoms with Gasteiger partial charge < -0.3 is 20.3 Å². The Kier molecular flexibility index (Phi) is 4.43. The van der Waals surface area contributed by atoms with Gasteiger partial charge >= 0.3 is 6.09 Å². The first kappa shape index (κ1) is 16.3. The summed E-state index contributed by atoms with van der Waals surface area (Å²) in [6.45, 7) is 0.558. The lowest BCUT2D eigenvalue weighted by Crippen LogP contribution is -2.22. The van der Waals surface area contributed by atoms with E-state index in [2.05, 4.69) is 25.9 Å². The second-order valence-corrected chi connectivity index (χ2v) is 6.11. The van der Waals surface area contributed by atoms with E-state index in [4.69, 9.17) is 20.3 Å². The SMILES string of the molecule is COc1ccc(Br)cc1COc1nc(N)nc2c1CN(C(=O)O)C2. The highest BCUT2D eigenvalue weighted by atomic mass is 79.9. The lowest BCUT2D eigenvalue weighted by molar-refractivity contribution is 0.144. The third-order valence-corrected chi connectivity index (χ3v) is 4.13. The average Bonchev–Trinajstić information content (AvgIpc) is 2.97. The van der Waals surface area contributed by atoms with Crippen LogP contribution in [0.5, 0.6) is 11.6 Å². The molecule has 0 spiro atoms. The molecule has 1 aliphatic heterocycles. The van der Waals surface area contributed by atoms with Crippen molar-refractivity contribution in [3.8, 4) is 11.6 Å². The predicted molar refractivity (Wildman–Crippen MR) is 88.7 cm³/mol. The van der Waals surface area contributed by atoms with Gasteiger partial charge in [0.25, 0.3) is 0 Å². The Labute approximate surface area is 146 Å². The first-order chi connectivity index (χ1) is 11.5. The zero-order valence-corrected chi connectivity index (χ0v) is 14.4. The molecule has 1 amide bonds. The number of benzene rings is 1. The van der Waals surface area contributed by atoms with Crippen molar-refractivity contribution in [3.63, 3.8) is 0 Å². The number of nitrogen functional groups attached to an aromatic ring is 1. The predicted octanol–water partition coefficient (Wildman–Crippen LogP) is 2.40. The Bertz CT molecular complexity index is 799. The van der Waals surface area contributed by atoms with E-state index in [1.54, 1.807) is 7.11 Å². The van der Waals surface area contributed by atoms with Crippen molar-refractivity contribution < 1.29 is 19.4 Å². The smallest absolute Gasteiger partial charge is 0.407 e. The van der Waals surface area contributed by atoms with E-state index >= 15 is 0 Å². The van der Waals surface area contributed by atoms with E-state index < -0.39 is 6.09 Å². The molecule has 0 atom stereocenters. The van der Waals surface area contributed by atoms with Gasteiger partial charge in [-0.2, -0.15) is 4.98 Å². The van der Waals surface area contributed by atoms with Crippen LogP contribution in [0.25, 0.3) is 0 Å². The number of aromatic nitrogens is 2. The van der Waals surface area contributed by atoms with Crippen molar-refractivity contribution in [2.45, 2.75) is 19.7 Å². The molecule has 2 heterocycles. The van der Waals surface area contributed by atoms with Crippen LogP contribution in [0.3, 0.4) is 0 Å². The van der Waals surface area contributed by atoms with Gasteiger partial charge in [0.2, 0.25) is 11.8 Å². The van der Waals surface area contributed by atoms with Crippen LogP contribution in [0.2, 0.25) is 0 Å². The van der Waals surface area contributed by atoms with E-state index in [-0.39, 0.29) is 25.6 Å². The summed E-state index contributed by atoms with van der Waals surface area (Å²) in [5.74, 6) is 1.03. The molecule has 0 saturated carbocycles. The first-order valence-corrected chi connectivity index (χ1v) is 7.85. The molecule has 126 valence electrons. The number of nitrogens with two attached hydrogens (primary N) is 1. The molecule has 1 aromatic carbocycles. The monoisotopic (exact) mass is 394 g/mol. The van der Waals surface area contributed by atoms with Crippen molar-refractivity contribution in [3.05, 3.63) is 39.5 Å². The van der Waals surface area contributed by atoms with Gasteiger partial charge in [-0.25, -0.2) is 9.78 Å². The summed E-state index contributed by atoms with van der Waals surface area (Å²) < 4.78 is 12.0. The Morgan fingerprint density at radius 1 is 1.42 bits per heavy atom. The molecule has 9 heteroatoms. The molecule has 8 nitrogen and oxygen atoms in total. The molecule has 0 saturated heterocycles. The van der Waals surface area contributed by atoms with Crippen LogP contribution < -0.4 is 15.2 Å². The van der Waals surface area contributed by atoms with Gasteiger partial charge in [0.05, 0.1) is 31.5 Å². The van der Waals surface area contributed by atoms with Crippen LogP contribution in [-0.2, 0) is 19.7 Å². The van der Waals surface area contributed by atoms with Crippen molar-refractivity contribution in [2.75, 3.05) is 12.8 Å². The first-order valence-electron chi connectivity index (χ1n) is 7.06. The van der Waals surface area contributed by atoms with E-state index in [1.165, 1.54) is 4.90 Å². The standard InChI is InChI=1S/C15H15BrN4O4/c1-23-12-3-2-9(16)4-8(12)7-24-13-10-5-20(15(21)22)6-11(10)18-14(17)19-13/h2-4H,5-7H2,1H3,(H,21,22)(H2,17,18,19). The molecular weight excluding hydrogens is 380 g/mol. The minimum Gasteiger partial charge on any atom is -0.496 e. The van der Waals surface area contributed by atoms with Crippen molar-refractivity contribution >= 4 is 28.0 Å². The van der Waals surface area contributed by atoms with Gasteiger partial charge in [0.15, 0.2) is 0 Å². The number of halogens is 1. The van der Waals surface area contributed by atoms with Crippen LogP contribution in [0.4, 0.5) is 10.7 Å². The van der Waals surface area contributed by atoms with Crippen LogP contribution in [0.15, 0.2) is 22.7 Å². The fourth-order valence-electron chi connectivity index (χ4n) is 2.50. The summed E-state index contributed by atoms with van der Waals surface area (Å²) in [6, 6.07) is 5.58. The summed E-state index contributed by atoms with van der Waals surface area (Å²) in [6.07, 6.45) is -1.02. The third kappa shape index (κ3) is 3.21. The molecule has 0 unspecified atom stereocenters. The van der Waals surface area contributed by atoms with E-state index in [1.807, 2.05) is 18.2 Å². The third-order valence-electron chi connectivity index (χ3n) is 3.64. The van der Waals surface area contributed by atoms with E-state index in [0.29, 0.717) is 22.9 Å². The van der Waals surface area contributed by atoms with Crippen LogP contribution in [0, 0.1) is 0 Å². The maximum Gasteiger partial charge on any atom is 0.407 e. The number of hydrogen-bond donors (Lipinski definition) is 2. The Morgan fingerprint density at radius 3 is 2.92 bits per heavy atom. The minimum atomic E-state index is -1.02. The van der Waals surface area contributed by atoms with Crippen LogP contribution in [-0.4, -0.2) is 33.2 Å². The highest BCUT2D eigenvalue weighted by Gasteiger charge is 2.28. The zero-order valence-electron chi connectivity index (χ0n) is 12.8. The highest BCUT2D eigenvalue weighted by molar-refractivity contribution is 9.10. The quantitative estimate of drug-likeness (QED) is 0.818. The van der Waals surface area contributed by atoms with Gasteiger partial charge in [-0.05, 0) is 18.2 Å². The zero-order chi connectivity index (χ0) is 17.3. The number of nitrogens with zero attached hydrogens (tertiary/aromatic N) is 3. The number of carbonyl (C=O) groups is 1. The number of fused-ring (bicyclic) bond motifs is 1. The summed E-state index contributed by atoms with van der Waals surface area (Å²) in [4.78, 5) is 20.6. The van der Waals surface area contributed by atoms with Crippen molar-refractivity contribution in [1.29, 1.82) is 0 Å². The van der Waals surface area contributed by atoms with Crippen LogP contribution >= 0.6 is 15.9 Å². The van der Waals surface area contributed by atoms with Gasteiger partial charge in [0, 0.05) is 10.0 Å². The molecule has 0 radical (unpaired) electrons. The minimum absolute atomic E-state index is 0.0530. The summed E-state index contributed by atoms with van der Waals surface area (Å²) >= 11 is 3.41. The maximum atomic E-state index is 11.2. The average molecular weight is 395 g/mol. The Morgan fingerprint density at radius 2 is 2.21 bits per heavy atom. The highest BCUT2D eigenvalue weighted by Crippen LogP contribution is 2.31. The number of amides is 1. The Hall–Kier alpha value is -2.55. The number of methoxy groups -OCH3 is 1. The number of anilines is 1. The number of carboxylic acid groups (broad SMARTS) is 1. The van der Waals surface area contributed by atoms with Gasteiger partial charge in [-0.3, -0.25) is 4.90 Å². The van der Waals surface area contributed by atoms with E-state index in [0.717, 1.165) is 10.0 Å². The summed E-state index contributed by atoms with van der Waals surface area (Å²) in [7, 11) is 1.58. The molecule has 3 N–H and O–H groups in total. The van der Waals surface area contributed by atoms with Crippen molar-refractivity contribution in [1.82, 2.24) is 14.9 Å². The molecule has 0 fully saturated rings. The molecule has 1 aliphatic rings. The number of rotatable bonds is 4. The van der Waals surface area contributed by atoms with Gasteiger partial charge in [-0.15, -0.1) is 0 Å². The normalized spacial score (nSPS) is 12.8. The maximum absolute atomic E-state index is 11.2. The van der Waals surface area contributed by atoms with Gasteiger partial charge in [-0.1, -0.05) is 15.9 Å². The fraction of sp³-hybridized carbons (Fsp3) is 0.267. The summed E-state index contributed by atoms with van der Waals surface area (Å²) in [5, 5.41) is 9.14. The second kappa shape index (κ2) is 6.52.